The Kier molecular flexibility index (Phi) is 7.97. The molecule has 0 radical (unpaired) electrons. The van der Waals surface area contributed by atoms with Gasteiger partial charge in [0.25, 0.3) is 0 Å². The molecule has 0 amide bonds. The maximum atomic E-state index is 11.0. The third-order valence-electron chi connectivity index (χ3n) is 5.63. The van der Waals surface area contributed by atoms with E-state index in [-0.39, 0.29) is 0 Å². The molecule has 0 aliphatic rings. The van der Waals surface area contributed by atoms with Crippen LogP contribution in [0.3, 0.4) is 0 Å². The lowest BCUT2D eigenvalue weighted by atomic mass is 9.80. The quantitative estimate of drug-likeness (QED) is 0.208. The fourth-order valence-electron chi connectivity index (χ4n) is 4.29. The van der Waals surface area contributed by atoms with Gasteiger partial charge in [-0.2, -0.15) is 0 Å². The molecule has 0 aromatic heterocycles. The molecule has 0 saturated heterocycles. The second-order valence-corrected chi connectivity index (χ2v) is 8.44. The van der Waals surface area contributed by atoms with Gasteiger partial charge in [-0.15, -0.1) is 0 Å². The molecule has 0 spiro atoms. The molecule has 160 valence electrons. The molecule has 31 heavy (non-hydrogen) atoms. The first kappa shape index (κ1) is 22.7. The summed E-state index contributed by atoms with van der Waals surface area (Å²) in [5.74, 6) is 0.657. The summed E-state index contributed by atoms with van der Waals surface area (Å²) in [5.41, 5.74) is 3.45. The maximum absolute atomic E-state index is 11.0. The Morgan fingerprint density at radius 1 is 0.806 bits per heavy atom. The molecule has 2 atom stereocenters. The Balaban J connectivity index is 1.97. The van der Waals surface area contributed by atoms with Gasteiger partial charge in [-0.05, 0) is 47.4 Å². The average Bonchev–Trinajstić information content (AvgIpc) is 2.81. The highest BCUT2D eigenvalue weighted by atomic mass is 16.5. The van der Waals surface area contributed by atoms with Crippen molar-refractivity contribution < 1.29 is 9.53 Å². The van der Waals surface area contributed by atoms with Crippen molar-refractivity contribution in [3.63, 3.8) is 0 Å². The first-order valence-electron chi connectivity index (χ1n) is 11.0. The second-order valence-electron chi connectivity index (χ2n) is 8.44. The number of ether oxygens (including phenoxy) is 1. The predicted octanol–water partition coefficient (Wildman–Crippen LogP) is 6.80. The lowest BCUT2D eigenvalue weighted by Crippen LogP contribution is -2.34. The predicted molar refractivity (Wildman–Crippen MR) is 128 cm³/mol. The molecule has 0 aliphatic heterocycles. The van der Waals surface area contributed by atoms with Crippen molar-refractivity contribution in [2.75, 3.05) is 6.61 Å². The van der Waals surface area contributed by atoms with Crippen molar-refractivity contribution in [3.05, 3.63) is 119 Å². The monoisotopic (exact) mass is 412 g/mol. The fraction of sp³-hybridized carbons (Fsp3) is 0.276. The van der Waals surface area contributed by atoms with Gasteiger partial charge in [0.1, 0.15) is 11.9 Å². The minimum absolute atomic E-state index is 0.323. The van der Waals surface area contributed by atoms with Gasteiger partial charge in [0.05, 0.1) is 6.61 Å². The van der Waals surface area contributed by atoms with Gasteiger partial charge in [0, 0.05) is 0 Å². The molecular weight excluding hydrogens is 380 g/mol. The minimum atomic E-state index is -0.685. The first-order valence-corrected chi connectivity index (χ1v) is 11.0. The van der Waals surface area contributed by atoms with Crippen LogP contribution in [0.25, 0.3) is 0 Å². The number of benzene rings is 3. The molecule has 0 saturated carbocycles. The van der Waals surface area contributed by atoms with Crippen LogP contribution >= 0.6 is 0 Å². The molecular formula is C29H32O2. The van der Waals surface area contributed by atoms with Crippen molar-refractivity contribution in [1.29, 1.82) is 0 Å². The van der Waals surface area contributed by atoms with Gasteiger partial charge in [-0.3, -0.25) is 4.79 Å². The van der Waals surface area contributed by atoms with Gasteiger partial charge in [-0.25, -0.2) is 0 Å². The van der Waals surface area contributed by atoms with Crippen molar-refractivity contribution >= 4 is 6.29 Å². The van der Waals surface area contributed by atoms with Crippen molar-refractivity contribution in [3.8, 4) is 0 Å². The number of hydrogen-bond acceptors (Lipinski definition) is 2. The summed E-state index contributed by atoms with van der Waals surface area (Å²) >= 11 is 0. The van der Waals surface area contributed by atoms with Crippen molar-refractivity contribution in [2.24, 2.45) is 11.8 Å². The van der Waals surface area contributed by atoms with Gasteiger partial charge in [0.2, 0.25) is 0 Å². The number of carbonyl (C=O) groups excluding carboxylic acids is 1. The Morgan fingerprint density at radius 3 is 1.61 bits per heavy atom. The van der Waals surface area contributed by atoms with E-state index in [1.54, 1.807) is 0 Å². The summed E-state index contributed by atoms with van der Waals surface area (Å²) in [6, 6.07) is 31.4. The molecule has 0 fully saturated rings. The SMILES string of the molecule is C/C(C=O)=C\[C@H](C)C[C@@H](C)COC(c1ccccc1)(c1ccccc1)c1ccccc1. The molecule has 2 nitrogen and oxygen atoms in total. The topological polar surface area (TPSA) is 26.3 Å². The first-order chi connectivity index (χ1) is 15.1. The molecule has 0 bridgehead atoms. The fourth-order valence-corrected chi connectivity index (χ4v) is 4.29. The highest BCUT2D eigenvalue weighted by molar-refractivity contribution is 5.72. The largest absolute Gasteiger partial charge is 0.361 e. The summed E-state index contributed by atoms with van der Waals surface area (Å²) in [6.07, 6.45) is 3.92. The zero-order valence-corrected chi connectivity index (χ0v) is 18.7. The van der Waals surface area contributed by atoms with Crippen molar-refractivity contribution in [1.82, 2.24) is 0 Å². The van der Waals surface area contributed by atoms with E-state index in [9.17, 15) is 4.79 Å². The van der Waals surface area contributed by atoms with Gasteiger partial charge >= 0.3 is 0 Å². The second kappa shape index (κ2) is 10.9. The zero-order chi connectivity index (χ0) is 22.1. The summed E-state index contributed by atoms with van der Waals surface area (Å²) in [5, 5.41) is 0. The summed E-state index contributed by atoms with van der Waals surface area (Å²) in [6.45, 7) is 6.83. The minimum Gasteiger partial charge on any atom is -0.361 e. The van der Waals surface area contributed by atoms with Crippen LogP contribution in [0.4, 0.5) is 0 Å². The van der Waals surface area contributed by atoms with E-state index in [1.165, 1.54) is 0 Å². The molecule has 0 heterocycles. The number of aldehydes is 1. The van der Waals surface area contributed by atoms with E-state index < -0.39 is 5.60 Å². The van der Waals surface area contributed by atoms with Crippen LogP contribution in [0.5, 0.6) is 0 Å². The highest BCUT2D eigenvalue weighted by Crippen LogP contribution is 2.41. The molecule has 3 aromatic rings. The summed E-state index contributed by atoms with van der Waals surface area (Å²) in [4.78, 5) is 11.0. The van der Waals surface area contributed by atoms with E-state index in [2.05, 4.69) is 86.6 Å². The number of carbonyl (C=O) groups is 1. The van der Waals surface area contributed by atoms with Crippen LogP contribution in [-0.2, 0) is 15.1 Å². The molecule has 0 aliphatic carbocycles. The number of allylic oxidation sites excluding steroid dienone is 2. The third kappa shape index (κ3) is 5.59. The Morgan fingerprint density at radius 2 is 1.23 bits per heavy atom. The van der Waals surface area contributed by atoms with Gasteiger partial charge in [-0.1, -0.05) is 111 Å². The van der Waals surface area contributed by atoms with E-state index in [0.29, 0.717) is 18.4 Å². The third-order valence-corrected chi connectivity index (χ3v) is 5.63. The van der Waals surface area contributed by atoms with E-state index in [4.69, 9.17) is 4.74 Å². The molecule has 3 rings (SSSR count). The lowest BCUT2D eigenvalue weighted by molar-refractivity contribution is -0.104. The van der Waals surface area contributed by atoms with E-state index in [0.717, 1.165) is 35.0 Å². The van der Waals surface area contributed by atoms with Crippen LogP contribution in [0.1, 0.15) is 43.9 Å². The van der Waals surface area contributed by atoms with Crippen LogP contribution in [0.15, 0.2) is 103 Å². The average molecular weight is 413 g/mol. The lowest BCUT2D eigenvalue weighted by Gasteiger charge is -2.37. The standard InChI is InChI=1S/C29H32O2/c1-23(19-24(2)21-30)20-25(3)22-31-29(26-13-7-4-8-14-26,27-15-9-5-10-16-27)28-17-11-6-12-18-28/h4-19,21,23,25H,20,22H2,1-3H3/b24-19+/t23-,25+/m0/s1. The van der Waals surface area contributed by atoms with Crippen LogP contribution < -0.4 is 0 Å². The Bertz CT molecular complexity index is 865. The van der Waals surface area contributed by atoms with Crippen LogP contribution in [0, 0.1) is 11.8 Å². The molecule has 2 heteroatoms. The highest BCUT2D eigenvalue weighted by Gasteiger charge is 2.37. The Labute approximate surface area is 186 Å². The van der Waals surface area contributed by atoms with Crippen LogP contribution in [0.2, 0.25) is 0 Å². The normalized spacial score (nSPS) is 14.1. The van der Waals surface area contributed by atoms with Gasteiger partial charge < -0.3 is 4.74 Å². The van der Waals surface area contributed by atoms with Gasteiger partial charge in [0.15, 0.2) is 0 Å². The summed E-state index contributed by atoms with van der Waals surface area (Å²) in [7, 11) is 0. The van der Waals surface area contributed by atoms with Crippen LogP contribution in [-0.4, -0.2) is 12.9 Å². The number of hydrogen-bond donors (Lipinski definition) is 0. The Hall–Kier alpha value is -2.97. The zero-order valence-electron chi connectivity index (χ0n) is 18.7. The smallest absolute Gasteiger partial charge is 0.145 e. The van der Waals surface area contributed by atoms with E-state index in [1.807, 2.05) is 31.2 Å². The van der Waals surface area contributed by atoms with E-state index >= 15 is 0 Å². The van der Waals surface area contributed by atoms with Crippen molar-refractivity contribution in [2.45, 2.75) is 32.8 Å². The summed E-state index contributed by atoms with van der Waals surface area (Å²) < 4.78 is 6.89. The molecule has 3 aromatic carbocycles. The molecule has 0 N–H and O–H groups in total. The number of rotatable bonds is 10. The molecule has 0 unspecified atom stereocenters. The maximum Gasteiger partial charge on any atom is 0.145 e.